The summed E-state index contributed by atoms with van der Waals surface area (Å²) < 4.78 is 5.73. The SMILES string of the molecule is O=C1C=C(c2ccc(OC3CC3)cc2)CCCC1. The van der Waals surface area contributed by atoms with Crippen LogP contribution in [0.2, 0.25) is 0 Å². The van der Waals surface area contributed by atoms with E-state index in [0.717, 1.165) is 30.6 Å². The second-order valence-electron chi connectivity index (χ2n) is 5.18. The van der Waals surface area contributed by atoms with Gasteiger partial charge >= 0.3 is 0 Å². The molecule has 2 nitrogen and oxygen atoms in total. The van der Waals surface area contributed by atoms with E-state index in [0.29, 0.717) is 12.5 Å². The maximum Gasteiger partial charge on any atom is 0.155 e. The van der Waals surface area contributed by atoms with E-state index in [2.05, 4.69) is 12.1 Å². The highest BCUT2D eigenvalue weighted by molar-refractivity contribution is 5.97. The fourth-order valence-electron chi connectivity index (χ4n) is 2.31. The summed E-state index contributed by atoms with van der Waals surface area (Å²) in [5.41, 5.74) is 2.34. The number of ether oxygens (including phenoxy) is 1. The number of rotatable bonds is 3. The van der Waals surface area contributed by atoms with Gasteiger partial charge in [0.25, 0.3) is 0 Å². The fourth-order valence-corrected chi connectivity index (χ4v) is 2.31. The normalized spacial score (nSPS) is 20.2. The number of allylic oxidation sites excluding steroid dienone is 2. The summed E-state index contributed by atoms with van der Waals surface area (Å²) in [5.74, 6) is 1.21. The summed E-state index contributed by atoms with van der Waals surface area (Å²) in [7, 11) is 0. The largest absolute Gasteiger partial charge is 0.490 e. The maximum absolute atomic E-state index is 11.6. The molecule has 0 atom stereocenters. The first-order chi connectivity index (χ1) is 8.81. The number of carbonyl (C=O) groups is 1. The van der Waals surface area contributed by atoms with Gasteiger partial charge in [-0.25, -0.2) is 0 Å². The molecule has 1 saturated carbocycles. The van der Waals surface area contributed by atoms with Gasteiger partial charge in [0.1, 0.15) is 5.75 Å². The molecule has 3 rings (SSSR count). The van der Waals surface area contributed by atoms with Crippen molar-refractivity contribution in [2.24, 2.45) is 0 Å². The Labute approximate surface area is 108 Å². The van der Waals surface area contributed by atoms with Crippen LogP contribution in [-0.2, 0) is 4.79 Å². The van der Waals surface area contributed by atoms with E-state index in [1.54, 1.807) is 0 Å². The molecule has 0 N–H and O–H groups in total. The van der Waals surface area contributed by atoms with Gasteiger partial charge in [0, 0.05) is 6.42 Å². The maximum atomic E-state index is 11.6. The lowest BCUT2D eigenvalue weighted by Gasteiger charge is -2.08. The van der Waals surface area contributed by atoms with Crippen LogP contribution in [0.3, 0.4) is 0 Å². The molecule has 0 bridgehead atoms. The number of hydrogen-bond acceptors (Lipinski definition) is 2. The molecule has 0 aromatic heterocycles. The third kappa shape index (κ3) is 2.81. The zero-order chi connectivity index (χ0) is 12.4. The van der Waals surface area contributed by atoms with Crippen LogP contribution in [0, 0.1) is 0 Å². The van der Waals surface area contributed by atoms with E-state index in [9.17, 15) is 4.79 Å². The minimum absolute atomic E-state index is 0.265. The van der Waals surface area contributed by atoms with Crippen molar-refractivity contribution in [1.82, 2.24) is 0 Å². The number of carbonyl (C=O) groups excluding carboxylic acids is 1. The Kier molecular flexibility index (Phi) is 3.18. The smallest absolute Gasteiger partial charge is 0.155 e. The van der Waals surface area contributed by atoms with Crippen LogP contribution < -0.4 is 4.74 Å². The van der Waals surface area contributed by atoms with Crippen molar-refractivity contribution in [3.05, 3.63) is 35.9 Å². The quantitative estimate of drug-likeness (QED) is 0.806. The van der Waals surface area contributed by atoms with E-state index < -0.39 is 0 Å². The molecule has 1 aromatic rings. The Morgan fingerprint density at radius 3 is 2.44 bits per heavy atom. The first kappa shape index (κ1) is 11.5. The molecule has 2 aliphatic rings. The molecule has 94 valence electrons. The van der Waals surface area contributed by atoms with Gasteiger partial charge in [-0.1, -0.05) is 12.1 Å². The predicted octanol–water partition coefficient (Wildman–Crippen LogP) is 3.75. The van der Waals surface area contributed by atoms with Crippen LogP contribution in [0.5, 0.6) is 5.75 Å². The van der Waals surface area contributed by atoms with Crippen LogP contribution in [0.1, 0.15) is 44.1 Å². The van der Waals surface area contributed by atoms with Gasteiger partial charge in [-0.15, -0.1) is 0 Å². The monoisotopic (exact) mass is 242 g/mol. The Morgan fingerprint density at radius 1 is 1.00 bits per heavy atom. The number of ketones is 1. The van der Waals surface area contributed by atoms with Gasteiger partial charge in [-0.3, -0.25) is 4.79 Å². The Hall–Kier alpha value is -1.57. The third-order valence-corrected chi connectivity index (χ3v) is 3.51. The van der Waals surface area contributed by atoms with Crippen molar-refractivity contribution in [2.75, 3.05) is 0 Å². The lowest BCUT2D eigenvalue weighted by atomic mass is 10.0. The van der Waals surface area contributed by atoms with E-state index in [1.807, 2.05) is 18.2 Å². The molecule has 2 heteroatoms. The molecular weight excluding hydrogens is 224 g/mol. The van der Waals surface area contributed by atoms with E-state index in [-0.39, 0.29) is 5.78 Å². The third-order valence-electron chi connectivity index (χ3n) is 3.51. The highest BCUT2D eigenvalue weighted by Crippen LogP contribution is 2.29. The molecule has 0 saturated heterocycles. The lowest BCUT2D eigenvalue weighted by molar-refractivity contribution is -0.114. The van der Waals surface area contributed by atoms with Crippen LogP contribution in [0.25, 0.3) is 5.57 Å². The van der Waals surface area contributed by atoms with Crippen molar-refractivity contribution in [3.63, 3.8) is 0 Å². The zero-order valence-electron chi connectivity index (χ0n) is 10.5. The van der Waals surface area contributed by atoms with Crippen LogP contribution in [-0.4, -0.2) is 11.9 Å². The first-order valence-electron chi connectivity index (χ1n) is 6.82. The average Bonchev–Trinajstić information content (AvgIpc) is 3.18. The highest BCUT2D eigenvalue weighted by atomic mass is 16.5. The molecule has 0 amide bonds. The van der Waals surface area contributed by atoms with Gasteiger partial charge in [0.05, 0.1) is 6.10 Å². The van der Waals surface area contributed by atoms with Gasteiger partial charge in [0.2, 0.25) is 0 Å². The van der Waals surface area contributed by atoms with Crippen LogP contribution in [0.4, 0.5) is 0 Å². The summed E-state index contributed by atoms with van der Waals surface area (Å²) in [6.07, 6.45) is 8.46. The molecule has 0 unspecified atom stereocenters. The minimum atomic E-state index is 0.265. The molecule has 1 aromatic carbocycles. The topological polar surface area (TPSA) is 26.3 Å². The van der Waals surface area contributed by atoms with Gasteiger partial charge in [0.15, 0.2) is 5.78 Å². The highest BCUT2D eigenvalue weighted by Gasteiger charge is 2.23. The van der Waals surface area contributed by atoms with Crippen molar-refractivity contribution in [2.45, 2.75) is 44.6 Å². The number of benzene rings is 1. The van der Waals surface area contributed by atoms with Gasteiger partial charge in [-0.05, 0) is 61.4 Å². The van der Waals surface area contributed by atoms with E-state index in [4.69, 9.17) is 4.74 Å². The van der Waals surface area contributed by atoms with Crippen LogP contribution in [0.15, 0.2) is 30.3 Å². The molecular formula is C16H18O2. The second-order valence-corrected chi connectivity index (χ2v) is 5.18. The zero-order valence-corrected chi connectivity index (χ0v) is 10.5. The molecule has 0 aliphatic heterocycles. The summed E-state index contributed by atoms with van der Waals surface area (Å²) >= 11 is 0. The average molecular weight is 242 g/mol. The molecule has 0 spiro atoms. The Balaban J connectivity index is 1.76. The predicted molar refractivity (Wildman–Crippen MR) is 71.5 cm³/mol. The summed E-state index contributed by atoms with van der Waals surface area (Å²) in [5, 5.41) is 0. The molecule has 2 aliphatic carbocycles. The molecule has 1 fully saturated rings. The van der Waals surface area contributed by atoms with Crippen LogP contribution >= 0.6 is 0 Å². The standard InChI is InChI=1S/C16H18O2/c17-14-4-2-1-3-13(11-14)12-5-7-15(8-6-12)18-16-9-10-16/h5-8,11,16H,1-4,9-10H2. The van der Waals surface area contributed by atoms with Gasteiger partial charge < -0.3 is 4.74 Å². The lowest BCUT2D eigenvalue weighted by Crippen LogP contribution is -1.96. The summed E-state index contributed by atoms with van der Waals surface area (Å²) in [4.78, 5) is 11.6. The fraction of sp³-hybridized carbons (Fsp3) is 0.438. The van der Waals surface area contributed by atoms with E-state index >= 15 is 0 Å². The van der Waals surface area contributed by atoms with Gasteiger partial charge in [-0.2, -0.15) is 0 Å². The van der Waals surface area contributed by atoms with Crippen molar-refractivity contribution in [1.29, 1.82) is 0 Å². The number of hydrogen-bond donors (Lipinski definition) is 0. The summed E-state index contributed by atoms with van der Waals surface area (Å²) in [6.45, 7) is 0. The molecule has 0 heterocycles. The van der Waals surface area contributed by atoms with Crippen molar-refractivity contribution in [3.8, 4) is 5.75 Å². The first-order valence-corrected chi connectivity index (χ1v) is 6.82. The Bertz CT molecular complexity index is 466. The van der Waals surface area contributed by atoms with E-state index in [1.165, 1.54) is 18.4 Å². The second kappa shape index (κ2) is 4.97. The summed E-state index contributed by atoms with van der Waals surface area (Å²) in [6, 6.07) is 8.18. The minimum Gasteiger partial charge on any atom is -0.490 e. The van der Waals surface area contributed by atoms with Crippen molar-refractivity contribution < 1.29 is 9.53 Å². The Morgan fingerprint density at radius 2 is 1.72 bits per heavy atom. The van der Waals surface area contributed by atoms with Crippen molar-refractivity contribution >= 4 is 11.4 Å². The molecule has 0 radical (unpaired) electrons. The molecule has 18 heavy (non-hydrogen) atoms.